The second-order valence-corrected chi connectivity index (χ2v) is 3.12. The molecule has 0 saturated carbocycles. The highest BCUT2D eigenvalue weighted by atomic mass is 16.5. The molecule has 3 heteroatoms. The minimum absolute atomic E-state index is 0.389. The lowest BCUT2D eigenvalue weighted by Crippen LogP contribution is -2.17. The molecule has 3 nitrogen and oxygen atoms in total. The Balaban J connectivity index is 2.27. The third kappa shape index (κ3) is 1.31. The van der Waals surface area contributed by atoms with Crippen LogP contribution in [0.15, 0.2) is 24.3 Å². The summed E-state index contributed by atoms with van der Waals surface area (Å²) in [6.07, 6.45) is -0.466. The first-order chi connectivity index (χ1) is 6.33. The minimum Gasteiger partial charge on any atom is -0.461 e. The third-order valence-electron chi connectivity index (χ3n) is 2.38. The number of ether oxygens (including phenoxy) is 1. The van der Waals surface area contributed by atoms with Crippen molar-refractivity contribution in [3.05, 3.63) is 35.4 Å². The summed E-state index contributed by atoms with van der Waals surface area (Å²) in [6.45, 7) is 0.389. The van der Waals surface area contributed by atoms with Crippen LogP contribution in [-0.2, 0) is 16.0 Å². The maximum atomic E-state index is 10.1. The third-order valence-corrected chi connectivity index (χ3v) is 2.38. The molecule has 0 heterocycles. The molecule has 1 N–H and O–H groups in total. The Morgan fingerprint density at radius 2 is 2.23 bits per heavy atom. The van der Waals surface area contributed by atoms with Gasteiger partial charge in [0.05, 0.1) is 0 Å². The topological polar surface area (TPSA) is 46.5 Å². The number of carbonyl (C=O) groups is 1. The molecule has 0 aliphatic heterocycles. The van der Waals surface area contributed by atoms with Crippen molar-refractivity contribution < 1.29 is 14.6 Å². The van der Waals surface area contributed by atoms with Crippen LogP contribution in [0.4, 0.5) is 0 Å². The number of aliphatic hydroxyl groups excluding tert-OH is 1. The van der Waals surface area contributed by atoms with Crippen LogP contribution in [-0.4, -0.2) is 17.7 Å². The van der Waals surface area contributed by atoms with Crippen LogP contribution in [0, 0.1) is 0 Å². The maximum Gasteiger partial charge on any atom is 0.293 e. The van der Waals surface area contributed by atoms with E-state index in [1.807, 2.05) is 24.3 Å². The van der Waals surface area contributed by atoms with E-state index >= 15 is 0 Å². The number of rotatable bonds is 2. The summed E-state index contributed by atoms with van der Waals surface area (Å²) in [6, 6.07) is 7.57. The molecule has 2 rings (SSSR count). The fourth-order valence-electron chi connectivity index (χ4n) is 1.73. The molecule has 1 aliphatic carbocycles. The van der Waals surface area contributed by atoms with Crippen LogP contribution in [0.5, 0.6) is 0 Å². The van der Waals surface area contributed by atoms with E-state index in [9.17, 15) is 9.90 Å². The lowest BCUT2D eigenvalue weighted by atomic mass is 10.1. The van der Waals surface area contributed by atoms with Crippen LogP contribution in [0.2, 0.25) is 0 Å². The average Bonchev–Trinajstić information content (AvgIpc) is 2.46. The van der Waals surface area contributed by atoms with Crippen molar-refractivity contribution in [2.45, 2.75) is 18.6 Å². The van der Waals surface area contributed by atoms with Gasteiger partial charge in [0.2, 0.25) is 0 Å². The Labute approximate surface area is 76.0 Å². The SMILES string of the molecule is O=CO[C@@H]1Cc2ccccc2[C@@H]1O. The van der Waals surface area contributed by atoms with Gasteiger partial charge in [0.1, 0.15) is 12.2 Å². The number of hydrogen-bond acceptors (Lipinski definition) is 3. The monoisotopic (exact) mass is 178 g/mol. The first kappa shape index (κ1) is 8.26. The van der Waals surface area contributed by atoms with E-state index in [1.54, 1.807) is 0 Å². The summed E-state index contributed by atoms with van der Waals surface area (Å²) in [5.41, 5.74) is 1.93. The van der Waals surface area contributed by atoms with E-state index in [1.165, 1.54) is 0 Å². The van der Waals surface area contributed by atoms with E-state index in [-0.39, 0.29) is 0 Å². The van der Waals surface area contributed by atoms with Gasteiger partial charge in [0, 0.05) is 6.42 Å². The molecular weight excluding hydrogens is 168 g/mol. The Kier molecular flexibility index (Phi) is 2.02. The van der Waals surface area contributed by atoms with E-state index < -0.39 is 12.2 Å². The van der Waals surface area contributed by atoms with E-state index in [0.29, 0.717) is 12.9 Å². The van der Waals surface area contributed by atoms with Crippen molar-refractivity contribution in [2.24, 2.45) is 0 Å². The Bertz CT molecular complexity index is 322. The molecule has 0 fully saturated rings. The van der Waals surface area contributed by atoms with Crippen LogP contribution < -0.4 is 0 Å². The Morgan fingerprint density at radius 1 is 1.46 bits per heavy atom. The molecule has 0 spiro atoms. The van der Waals surface area contributed by atoms with Crippen LogP contribution in [0.3, 0.4) is 0 Å². The van der Waals surface area contributed by atoms with Crippen molar-refractivity contribution in [3.63, 3.8) is 0 Å². The maximum absolute atomic E-state index is 10.1. The molecule has 0 saturated heterocycles. The van der Waals surface area contributed by atoms with Gasteiger partial charge in [-0.2, -0.15) is 0 Å². The van der Waals surface area contributed by atoms with Gasteiger partial charge in [-0.1, -0.05) is 24.3 Å². The average molecular weight is 178 g/mol. The van der Waals surface area contributed by atoms with Crippen molar-refractivity contribution >= 4 is 6.47 Å². The molecule has 1 aromatic rings. The van der Waals surface area contributed by atoms with Crippen molar-refractivity contribution in [1.29, 1.82) is 0 Å². The number of fused-ring (bicyclic) bond motifs is 1. The van der Waals surface area contributed by atoms with Gasteiger partial charge in [0.15, 0.2) is 0 Å². The van der Waals surface area contributed by atoms with Gasteiger partial charge in [-0.05, 0) is 11.1 Å². The first-order valence-electron chi connectivity index (χ1n) is 4.18. The summed E-state index contributed by atoms with van der Waals surface area (Å²) in [4.78, 5) is 10.1. The molecule has 2 atom stereocenters. The summed E-state index contributed by atoms with van der Waals surface area (Å²) in [5, 5.41) is 9.69. The van der Waals surface area contributed by atoms with Crippen molar-refractivity contribution in [3.8, 4) is 0 Å². The Hall–Kier alpha value is -1.35. The zero-order valence-electron chi connectivity index (χ0n) is 7.01. The van der Waals surface area contributed by atoms with Gasteiger partial charge in [-0.3, -0.25) is 4.79 Å². The molecule has 0 radical (unpaired) electrons. The molecular formula is C10H10O3. The predicted molar refractivity (Wildman–Crippen MR) is 46.0 cm³/mol. The van der Waals surface area contributed by atoms with Gasteiger partial charge >= 0.3 is 0 Å². The molecule has 1 aromatic carbocycles. The number of carbonyl (C=O) groups excluding carboxylic acids is 1. The first-order valence-corrected chi connectivity index (χ1v) is 4.18. The summed E-state index contributed by atoms with van der Waals surface area (Å²) < 4.78 is 4.77. The summed E-state index contributed by atoms with van der Waals surface area (Å²) in [7, 11) is 0. The molecule has 13 heavy (non-hydrogen) atoms. The largest absolute Gasteiger partial charge is 0.461 e. The number of aliphatic hydroxyl groups is 1. The molecule has 0 amide bonds. The molecule has 0 unspecified atom stereocenters. The highest BCUT2D eigenvalue weighted by molar-refractivity contribution is 5.41. The van der Waals surface area contributed by atoms with Crippen LogP contribution in [0.1, 0.15) is 17.2 Å². The number of benzene rings is 1. The Morgan fingerprint density at radius 3 is 2.92 bits per heavy atom. The lowest BCUT2D eigenvalue weighted by Gasteiger charge is -2.11. The van der Waals surface area contributed by atoms with E-state index in [0.717, 1.165) is 11.1 Å². The molecule has 0 aromatic heterocycles. The van der Waals surface area contributed by atoms with Crippen molar-refractivity contribution in [1.82, 2.24) is 0 Å². The standard InChI is InChI=1S/C10H10O3/c11-6-13-9-5-7-3-1-2-4-8(7)10(9)12/h1-4,6,9-10,12H,5H2/t9-,10+/m1/s1. The predicted octanol–water partition coefficient (Wildman–Crippen LogP) is 0.818. The van der Waals surface area contributed by atoms with E-state index in [2.05, 4.69) is 0 Å². The second-order valence-electron chi connectivity index (χ2n) is 3.12. The number of hydrogen-bond donors (Lipinski definition) is 1. The van der Waals surface area contributed by atoms with Gasteiger partial charge < -0.3 is 9.84 Å². The molecule has 68 valence electrons. The summed E-state index contributed by atoms with van der Waals surface area (Å²) in [5.74, 6) is 0. The highest BCUT2D eigenvalue weighted by Crippen LogP contribution is 2.32. The summed E-state index contributed by atoms with van der Waals surface area (Å²) >= 11 is 0. The van der Waals surface area contributed by atoms with E-state index in [4.69, 9.17) is 4.74 Å². The zero-order valence-corrected chi connectivity index (χ0v) is 7.01. The zero-order chi connectivity index (χ0) is 9.26. The molecule has 0 bridgehead atoms. The van der Waals surface area contributed by atoms with Gasteiger partial charge in [-0.25, -0.2) is 0 Å². The van der Waals surface area contributed by atoms with Crippen LogP contribution in [0.25, 0.3) is 0 Å². The normalized spacial score (nSPS) is 25.3. The quantitative estimate of drug-likeness (QED) is 0.682. The highest BCUT2D eigenvalue weighted by Gasteiger charge is 2.31. The van der Waals surface area contributed by atoms with Gasteiger partial charge in [0.25, 0.3) is 6.47 Å². The van der Waals surface area contributed by atoms with Gasteiger partial charge in [-0.15, -0.1) is 0 Å². The fraction of sp³-hybridized carbons (Fsp3) is 0.300. The molecule has 1 aliphatic rings. The minimum atomic E-state index is -0.665. The fourth-order valence-corrected chi connectivity index (χ4v) is 1.73. The second kappa shape index (κ2) is 3.18. The van der Waals surface area contributed by atoms with Crippen LogP contribution >= 0.6 is 0 Å². The lowest BCUT2D eigenvalue weighted by molar-refractivity contribution is -0.138. The smallest absolute Gasteiger partial charge is 0.293 e. The van der Waals surface area contributed by atoms with Crippen molar-refractivity contribution in [2.75, 3.05) is 0 Å².